The number of carbonyl (C=O) groups is 2. The molecule has 6 nitrogen and oxygen atoms in total. The minimum atomic E-state index is -0.460. The molecular weight excluding hydrogens is 458 g/mol. The van der Waals surface area contributed by atoms with Crippen molar-refractivity contribution in [3.05, 3.63) is 99.5 Å². The number of hydrazine groups is 1. The predicted octanol–water partition coefficient (Wildman–Crippen LogP) is 4.36. The monoisotopic (exact) mass is 473 g/mol. The van der Waals surface area contributed by atoms with Crippen molar-refractivity contribution >= 4 is 39.5 Å². The Morgan fingerprint density at radius 3 is 2.52 bits per heavy atom. The minimum Gasteiger partial charge on any atom is -0.488 e. The minimum absolute atomic E-state index is 0.0485. The molecule has 152 valence electrons. The topological polar surface area (TPSA) is 82.4 Å². The lowest BCUT2D eigenvalue weighted by Gasteiger charge is -2.13. The molecule has 1 aliphatic rings. The summed E-state index contributed by atoms with van der Waals surface area (Å²) in [5.74, 6) is -0.290. The molecule has 1 fully saturated rings. The molecule has 1 aliphatic heterocycles. The van der Waals surface area contributed by atoms with E-state index in [0.29, 0.717) is 27.0 Å². The number of para-hydroxylation sites is 1. The molecule has 4 rings (SSSR count). The Morgan fingerprint density at radius 1 is 1.03 bits per heavy atom. The van der Waals surface area contributed by atoms with Crippen LogP contribution >= 0.6 is 15.9 Å². The first-order valence-electron chi connectivity index (χ1n) is 9.39. The lowest BCUT2D eigenvalue weighted by molar-refractivity contribution is -0.117. The zero-order valence-electron chi connectivity index (χ0n) is 16.2. The molecule has 1 heterocycles. The van der Waals surface area contributed by atoms with Crippen LogP contribution in [0.1, 0.15) is 16.7 Å². The van der Waals surface area contributed by atoms with Crippen LogP contribution in [0.2, 0.25) is 0 Å². The number of amides is 2. The molecule has 7 heteroatoms. The summed E-state index contributed by atoms with van der Waals surface area (Å²) in [7, 11) is 0. The van der Waals surface area contributed by atoms with E-state index in [4.69, 9.17) is 4.74 Å². The van der Waals surface area contributed by atoms with Crippen molar-refractivity contribution in [2.24, 2.45) is 0 Å². The summed E-state index contributed by atoms with van der Waals surface area (Å²) < 4.78 is 6.50. The Hall–Kier alpha value is -3.89. The van der Waals surface area contributed by atoms with E-state index in [1.54, 1.807) is 60.7 Å². The molecule has 1 N–H and O–H groups in total. The van der Waals surface area contributed by atoms with Gasteiger partial charge in [0.05, 0.1) is 21.8 Å². The highest BCUT2D eigenvalue weighted by Gasteiger charge is 2.34. The molecule has 0 radical (unpaired) electrons. The predicted molar refractivity (Wildman–Crippen MR) is 120 cm³/mol. The van der Waals surface area contributed by atoms with Gasteiger partial charge in [-0.15, -0.1) is 0 Å². The van der Waals surface area contributed by atoms with Crippen LogP contribution in [0, 0.1) is 11.3 Å². The molecule has 0 saturated carbocycles. The van der Waals surface area contributed by atoms with Crippen LogP contribution in [0.25, 0.3) is 6.08 Å². The average Bonchev–Trinajstić information content (AvgIpc) is 3.07. The van der Waals surface area contributed by atoms with Gasteiger partial charge in [-0.05, 0) is 57.9 Å². The standard InChI is InChI=1S/C24H16BrN3O3/c25-21-13-16(10-11-22(21)31-15-18-7-5-4-6-17(18)14-26)12-20-23(29)27-28(24(20)30)19-8-2-1-3-9-19/h1-13H,15H2,(H,27,29). The van der Waals surface area contributed by atoms with E-state index < -0.39 is 11.8 Å². The van der Waals surface area contributed by atoms with E-state index in [9.17, 15) is 14.9 Å². The van der Waals surface area contributed by atoms with Gasteiger partial charge in [-0.3, -0.25) is 15.0 Å². The number of benzene rings is 3. The molecule has 0 unspecified atom stereocenters. The molecule has 31 heavy (non-hydrogen) atoms. The summed E-state index contributed by atoms with van der Waals surface area (Å²) in [6.07, 6.45) is 1.54. The van der Waals surface area contributed by atoms with Crippen LogP contribution in [-0.4, -0.2) is 11.8 Å². The van der Waals surface area contributed by atoms with Crippen molar-refractivity contribution in [3.8, 4) is 11.8 Å². The van der Waals surface area contributed by atoms with Crippen LogP contribution < -0.4 is 15.2 Å². The zero-order chi connectivity index (χ0) is 21.8. The number of hydrogen-bond acceptors (Lipinski definition) is 4. The van der Waals surface area contributed by atoms with Gasteiger partial charge in [-0.1, -0.05) is 42.5 Å². The Labute approximate surface area is 187 Å². The fraction of sp³-hybridized carbons (Fsp3) is 0.0417. The number of nitriles is 1. The fourth-order valence-corrected chi connectivity index (χ4v) is 3.63. The highest BCUT2D eigenvalue weighted by molar-refractivity contribution is 9.10. The molecular formula is C24H16BrN3O3. The highest BCUT2D eigenvalue weighted by atomic mass is 79.9. The lowest BCUT2D eigenvalue weighted by atomic mass is 10.1. The van der Waals surface area contributed by atoms with E-state index in [2.05, 4.69) is 27.4 Å². The summed E-state index contributed by atoms with van der Waals surface area (Å²) >= 11 is 3.47. The van der Waals surface area contributed by atoms with Crippen molar-refractivity contribution in [3.63, 3.8) is 0 Å². The second-order valence-corrected chi connectivity index (χ2v) is 7.58. The number of carbonyl (C=O) groups excluding carboxylic acids is 2. The quantitative estimate of drug-likeness (QED) is 0.440. The SMILES string of the molecule is N#Cc1ccccc1COc1ccc(C=C2C(=O)NN(c3ccccc3)C2=O)cc1Br. The maximum atomic E-state index is 12.7. The van der Waals surface area contributed by atoms with Crippen LogP contribution in [0.4, 0.5) is 5.69 Å². The number of anilines is 1. The first-order valence-corrected chi connectivity index (χ1v) is 10.2. The zero-order valence-corrected chi connectivity index (χ0v) is 17.8. The molecule has 1 saturated heterocycles. The molecule has 0 aliphatic carbocycles. The Kier molecular flexibility index (Phi) is 5.83. The van der Waals surface area contributed by atoms with E-state index in [1.807, 2.05) is 18.2 Å². The number of nitrogens with one attached hydrogen (secondary N) is 1. The summed E-state index contributed by atoms with van der Waals surface area (Å²) in [4.78, 5) is 25.0. The fourth-order valence-electron chi connectivity index (χ4n) is 3.12. The normalized spacial score (nSPS) is 14.5. The maximum absolute atomic E-state index is 12.7. The summed E-state index contributed by atoms with van der Waals surface area (Å²) in [6, 6.07) is 23.6. The van der Waals surface area contributed by atoms with Crippen LogP contribution in [0.5, 0.6) is 5.75 Å². The van der Waals surface area contributed by atoms with Crippen LogP contribution in [-0.2, 0) is 16.2 Å². The molecule has 0 atom stereocenters. The third-order valence-corrected chi connectivity index (χ3v) is 5.31. The van der Waals surface area contributed by atoms with Gasteiger partial charge >= 0.3 is 0 Å². The van der Waals surface area contributed by atoms with E-state index in [1.165, 1.54) is 5.01 Å². The van der Waals surface area contributed by atoms with E-state index in [-0.39, 0.29) is 12.2 Å². The third-order valence-electron chi connectivity index (χ3n) is 4.69. The summed E-state index contributed by atoms with van der Waals surface area (Å²) in [5.41, 5.74) is 5.24. The number of ether oxygens (including phenoxy) is 1. The van der Waals surface area contributed by atoms with Gasteiger partial charge in [-0.2, -0.15) is 5.26 Å². The number of halogens is 1. The van der Waals surface area contributed by atoms with Crippen molar-refractivity contribution < 1.29 is 14.3 Å². The first kappa shape index (κ1) is 20.4. The van der Waals surface area contributed by atoms with Gasteiger partial charge in [-0.25, -0.2) is 5.01 Å². The summed E-state index contributed by atoms with van der Waals surface area (Å²) in [5, 5.41) is 10.4. The van der Waals surface area contributed by atoms with Gasteiger partial charge in [0.15, 0.2) is 0 Å². The van der Waals surface area contributed by atoms with Gasteiger partial charge in [0, 0.05) is 5.56 Å². The maximum Gasteiger partial charge on any atom is 0.282 e. The Balaban J connectivity index is 1.51. The Bertz CT molecular complexity index is 1230. The number of rotatable bonds is 5. The smallest absolute Gasteiger partial charge is 0.282 e. The van der Waals surface area contributed by atoms with Crippen LogP contribution in [0.15, 0.2) is 82.8 Å². The van der Waals surface area contributed by atoms with Gasteiger partial charge in [0.2, 0.25) is 0 Å². The lowest BCUT2D eigenvalue weighted by Crippen LogP contribution is -2.35. The molecule has 0 aromatic heterocycles. The average molecular weight is 474 g/mol. The second-order valence-electron chi connectivity index (χ2n) is 6.72. The van der Waals surface area contributed by atoms with Gasteiger partial charge in [0.25, 0.3) is 11.8 Å². The van der Waals surface area contributed by atoms with Gasteiger partial charge in [0.1, 0.15) is 17.9 Å². The van der Waals surface area contributed by atoms with Crippen molar-refractivity contribution in [1.82, 2.24) is 5.43 Å². The molecule has 0 bridgehead atoms. The molecule has 2 amide bonds. The highest BCUT2D eigenvalue weighted by Crippen LogP contribution is 2.29. The number of hydrogen-bond donors (Lipinski definition) is 1. The number of nitrogens with zero attached hydrogens (tertiary/aromatic N) is 2. The van der Waals surface area contributed by atoms with Crippen molar-refractivity contribution in [2.75, 3.05) is 5.01 Å². The molecule has 3 aromatic carbocycles. The first-order chi connectivity index (χ1) is 15.1. The Morgan fingerprint density at radius 2 is 1.77 bits per heavy atom. The van der Waals surface area contributed by atoms with E-state index in [0.717, 1.165) is 5.56 Å². The largest absolute Gasteiger partial charge is 0.488 e. The van der Waals surface area contributed by atoms with Crippen LogP contribution in [0.3, 0.4) is 0 Å². The van der Waals surface area contributed by atoms with Gasteiger partial charge < -0.3 is 4.74 Å². The van der Waals surface area contributed by atoms with Crippen molar-refractivity contribution in [2.45, 2.75) is 6.61 Å². The molecule has 0 spiro atoms. The molecule has 3 aromatic rings. The summed E-state index contributed by atoms with van der Waals surface area (Å²) in [6.45, 7) is 0.246. The van der Waals surface area contributed by atoms with Crippen molar-refractivity contribution in [1.29, 1.82) is 5.26 Å². The third kappa shape index (κ3) is 4.34. The van der Waals surface area contributed by atoms with E-state index >= 15 is 0 Å². The second kappa shape index (κ2) is 8.86.